The standard InChI is InChI=1S/C6H15ClGe/c1-3-5-6-8(7)4-2/h8H,3-6H2,1-2H3. The van der Waals surface area contributed by atoms with Gasteiger partial charge in [-0.2, -0.15) is 0 Å². The molecule has 0 aliphatic carbocycles. The van der Waals surface area contributed by atoms with Crippen LogP contribution in [0, 0.1) is 0 Å². The van der Waals surface area contributed by atoms with Crippen molar-refractivity contribution in [1.82, 2.24) is 0 Å². The summed E-state index contributed by atoms with van der Waals surface area (Å²) in [6, 6.07) is 0. The topological polar surface area (TPSA) is 0 Å². The molecule has 0 aromatic carbocycles. The Labute approximate surface area is 60.9 Å². The van der Waals surface area contributed by atoms with Crippen LogP contribution in [0.4, 0.5) is 0 Å². The minimum absolute atomic E-state index is 1.13. The van der Waals surface area contributed by atoms with Crippen LogP contribution in [0.15, 0.2) is 0 Å². The van der Waals surface area contributed by atoms with Crippen molar-refractivity contribution < 1.29 is 0 Å². The van der Waals surface area contributed by atoms with E-state index in [9.17, 15) is 0 Å². The molecule has 0 saturated carbocycles. The van der Waals surface area contributed by atoms with Crippen molar-refractivity contribution >= 4 is 23.4 Å². The molecule has 0 rings (SSSR count). The molecule has 0 aromatic heterocycles. The summed E-state index contributed by atoms with van der Waals surface area (Å²) in [6.45, 7) is 4.44. The minimum atomic E-state index is -1.13. The maximum atomic E-state index is 6.03. The Bertz CT molecular complexity index is 47.8. The van der Waals surface area contributed by atoms with Gasteiger partial charge in [0, 0.05) is 0 Å². The third-order valence-corrected chi connectivity index (χ3v) is 8.08. The number of hydrogen-bond donors (Lipinski definition) is 0. The zero-order chi connectivity index (χ0) is 6.41. The van der Waals surface area contributed by atoms with Crippen LogP contribution in [0.5, 0.6) is 0 Å². The molecule has 50 valence electrons. The van der Waals surface area contributed by atoms with E-state index < -0.39 is 13.4 Å². The Morgan fingerprint density at radius 3 is 2.38 bits per heavy atom. The van der Waals surface area contributed by atoms with Crippen molar-refractivity contribution in [3.05, 3.63) is 0 Å². The summed E-state index contributed by atoms with van der Waals surface area (Å²) in [4.78, 5) is 0. The second kappa shape index (κ2) is 5.96. The molecule has 0 saturated heterocycles. The average Bonchev–Trinajstić information content (AvgIpc) is 1.83. The van der Waals surface area contributed by atoms with Crippen molar-refractivity contribution in [2.24, 2.45) is 0 Å². The predicted octanol–water partition coefficient (Wildman–Crippen LogP) is 2.77. The number of hydrogen-bond acceptors (Lipinski definition) is 0. The van der Waals surface area contributed by atoms with E-state index in [2.05, 4.69) is 13.8 Å². The van der Waals surface area contributed by atoms with E-state index in [0.29, 0.717) is 0 Å². The fourth-order valence-corrected chi connectivity index (χ4v) is 4.07. The van der Waals surface area contributed by atoms with Gasteiger partial charge in [0.2, 0.25) is 0 Å². The summed E-state index contributed by atoms with van der Waals surface area (Å²) in [5.74, 6) is 0. The second-order valence-corrected chi connectivity index (χ2v) is 10.8. The van der Waals surface area contributed by atoms with Crippen molar-refractivity contribution in [2.75, 3.05) is 0 Å². The molecule has 0 aromatic rings. The van der Waals surface area contributed by atoms with E-state index in [-0.39, 0.29) is 0 Å². The molecule has 0 bridgehead atoms. The zero-order valence-corrected chi connectivity index (χ0v) is 8.96. The van der Waals surface area contributed by atoms with Gasteiger partial charge in [0.15, 0.2) is 0 Å². The molecule has 0 nitrogen and oxygen atoms in total. The molecule has 0 aliphatic heterocycles. The van der Waals surface area contributed by atoms with E-state index in [0.717, 1.165) is 0 Å². The van der Waals surface area contributed by atoms with Crippen molar-refractivity contribution in [2.45, 2.75) is 37.2 Å². The number of halogens is 1. The van der Waals surface area contributed by atoms with E-state index in [1.807, 2.05) is 0 Å². The second-order valence-electron chi connectivity index (χ2n) is 2.15. The van der Waals surface area contributed by atoms with Gasteiger partial charge < -0.3 is 0 Å². The first kappa shape index (κ1) is 8.83. The van der Waals surface area contributed by atoms with Crippen LogP contribution in [0.3, 0.4) is 0 Å². The number of unbranched alkanes of at least 4 members (excludes halogenated alkanes) is 1. The number of rotatable bonds is 4. The van der Waals surface area contributed by atoms with Gasteiger partial charge in [-0.05, 0) is 0 Å². The molecule has 0 N–H and O–H groups in total. The molecular weight excluding hydrogens is 180 g/mol. The van der Waals surface area contributed by atoms with Crippen molar-refractivity contribution in [1.29, 1.82) is 0 Å². The summed E-state index contributed by atoms with van der Waals surface area (Å²) < 4.78 is 0. The Hall–Kier alpha value is 0.833. The molecule has 0 amide bonds. The van der Waals surface area contributed by atoms with Gasteiger partial charge in [0.1, 0.15) is 0 Å². The average molecular weight is 195 g/mol. The summed E-state index contributed by atoms with van der Waals surface area (Å²) in [6.07, 6.45) is 2.68. The normalized spacial score (nSPS) is 13.9. The molecule has 8 heavy (non-hydrogen) atoms. The molecule has 0 aliphatic rings. The van der Waals surface area contributed by atoms with Crippen LogP contribution >= 0.6 is 10.0 Å². The maximum absolute atomic E-state index is 6.03. The van der Waals surface area contributed by atoms with Gasteiger partial charge in [0.05, 0.1) is 0 Å². The molecular formula is C6H15ClGe. The van der Waals surface area contributed by atoms with E-state index in [1.54, 1.807) is 0 Å². The Morgan fingerprint density at radius 2 is 2.00 bits per heavy atom. The first-order valence-corrected chi connectivity index (χ1v) is 10.1. The van der Waals surface area contributed by atoms with Crippen molar-refractivity contribution in [3.8, 4) is 0 Å². The Kier molecular flexibility index (Phi) is 6.58. The van der Waals surface area contributed by atoms with Crippen LogP contribution < -0.4 is 0 Å². The predicted molar refractivity (Wildman–Crippen MR) is 43.2 cm³/mol. The van der Waals surface area contributed by atoms with Crippen molar-refractivity contribution in [3.63, 3.8) is 0 Å². The SMILES string of the molecule is CCC[CH2][GeH]([Cl])[CH2]C. The summed E-state index contributed by atoms with van der Waals surface area (Å²) in [5.41, 5.74) is 0. The molecule has 0 fully saturated rings. The third-order valence-electron chi connectivity index (χ3n) is 1.31. The summed E-state index contributed by atoms with van der Waals surface area (Å²) in [7, 11) is 6.03. The Balaban J connectivity index is 2.86. The van der Waals surface area contributed by atoms with Crippen LogP contribution in [0.2, 0.25) is 10.5 Å². The Morgan fingerprint density at radius 1 is 1.38 bits per heavy atom. The fraction of sp³-hybridized carbons (Fsp3) is 1.00. The molecule has 0 heterocycles. The molecule has 2 heteroatoms. The van der Waals surface area contributed by atoms with Crippen LogP contribution in [0.1, 0.15) is 26.7 Å². The van der Waals surface area contributed by atoms with Crippen LogP contribution in [-0.4, -0.2) is 13.4 Å². The zero-order valence-electron chi connectivity index (χ0n) is 5.78. The van der Waals surface area contributed by atoms with E-state index in [4.69, 9.17) is 10.0 Å². The molecule has 1 unspecified atom stereocenters. The van der Waals surface area contributed by atoms with Crippen LogP contribution in [-0.2, 0) is 0 Å². The summed E-state index contributed by atoms with van der Waals surface area (Å²) in [5, 5.41) is 2.68. The summed E-state index contributed by atoms with van der Waals surface area (Å²) >= 11 is -1.13. The van der Waals surface area contributed by atoms with Gasteiger partial charge in [-0.25, -0.2) is 0 Å². The first-order chi connectivity index (χ1) is 3.81. The molecule has 1 atom stereocenters. The van der Waals surface area contributed by atoms with Gasteiger partial charge in [-0.1, -0.05) is 0 Å². The monoisotopic (exact) mass is 196 g/mol. The first-order valence-electron chi connectivity index (χ1n) is 3.45. The fourth-order valence-electron chi connectivity index (χ4n) is 0.630. The van der Waals surface area contributed by atoms with Gasteiger partial charge in [-0.3, -0.25) is 0 Å². The van der Waals surface area contributed by atoms with Crippen LogP contribution in [0.25, 0.3) is 0 Å². The van der Waals surface area contributed by atoms with E-state index in [1.165, 1.54) is 23.3 Å². The van der Waals surface area contributed by atoms with Gasteiger partial charge >= 0.3 is 60.6 Å². The molecule has 0 spiro atoms. The quantitative estimate of drug-likeness (QED) is 0.605. The third kappa shape index (κ3) is 4.98. The molecule has 0 radical (unpaired) electrons. The van der Waals surface area contributed by atoms with Gasteiger partial charge in [0.25, 0.3) is 0 Å². The van der Waals surface area contributed by atoms with Gasteiger partial charge in [-0.15, -0.1) is 0 Å². The van der Waals surface area contributed by atoms with E-state index >= 15 is 0 Å².